The van der Waals surface area contributed by atoms with E-state index in [0.29, 0.717) is 18.3 Å². The van der Waals surface area contributed by atoms with Crippen LogP contribution in [0.5, 0.6) is 0 Å². The van der Waals surface area contributed by atoms with Crippen LogP contribution in [0.4, 0.5) is 10.2 Å². The van der Waals surface area contributed by atoms with Crippen LogP contribution in [0.2, 0.25) is 0 Å². The summed E-state index contributed by atoms with van der Waals surface area (Å²) < 4.78 is 14.0. The van der Waals surface area contributed by atoms with Gasteiger partial charge in [0.1, 0.15) is 0 Å². The van der Waals surface area contributed by atoms with Crippen LogP contribution in [0.1, 0.15) is 23.2 Å². The fourth-order valence-corrected chi connectivity index (χ4v) is 2.86. The number of nitrogens with zero attached hydrogens (tertiary/aromatic N) is 2. The van der Waals surface area contributed by atoms with E-state index < -0.39 is 5.82 Å². The van der Waals surface area contributed by atoms with Crippen LogP contribution in [-0.2, 0) is 0 Å². The summed E-state index contributed by atoms with van der Waals surface area (Å²) in [6.45, 7) is 1.33. The predicted molar refractivity (Wildman–Crippen MR) is 74.4 cm³/mol. The second kappa shape index (κ2) is 6.21. The van der Waals surface area contributed by atoms with E-state index in [4.69, 9.17) is 5.84 Å². The van der Waals surface area contributed by atoms with E-state index in [1.807, 2.05) is 11.8 Å². The van der Waals surface area contributed by atoms with Crippen LogP contribution in [0.15, 0.2) is 12.3 Å². The molecule has 3 N–H and O–H groups in total. The van der Waals surface area contributed by atoms with Gasteiger partial charge in [0.25, 0.3) is 5.91 Å². The van der Waals surface area contributed by atoms with E-state index >= 15 is 0 Å². The Morgan fingerprint density at radius 1 is 1.58 bits per heavy atom. The maximum atomic E-state index is 14.0. The van der Waals surface area contributed by atoms with E-state index in [1.165, 1.54) is 12.3 Å². The summed E-state index contributed by atoms with van der Waals surface area (Å²) in [4.78, 5) is 17.7. The van der Waals surface area contributed by atoms with Gasteiger partial charge in [0.2, 0.25) is 0 Å². The highest BCUT2D eigenvalue weighted by Gasteiger charge is 2.25. The fourth-order valence-electron chi connectivity index (χ4n) is 2.17. The summed E-state index contributed by atoms with van der Waals surface area (Å²) in [5.41, 5.74) is 2.17. The van der Waals surface area contributed by atoms with E-state index in [2.05, 4.69) is 16.7 Å². The highest BCUT2D eigenvalue weighted by atomic mass is 32.2. The van der Waals surface area contributed by atoms with Gasteiger partial charge in [-0.25, -0.2) is 15.2 Å². The monoisotopic (exact) mass is 284 g/mol. The average Bonchev–Trinajstić information content (AvgIpc) is 2.47. The summed E-state index contributed by atoms with van der Waals surface area (Å²) in [6.07, 6.45) is 5.34. The molecule has 0 unspecified atom stereocenters. The number of rotatable bonds is 3. The zero-order valence-corrected chi connectivity index (χ0v) is 11.5. The second-order valence-corrected chi connectivity index (χ2v) is 5.53. The van der Waals surface area contributed by atoms with Gasteiger partial charge in [-0.15, -0.1) is 0 Å². The minimum atomic E-state index is -0.693. The number of nitrogens with two attached hydrogens (primary N) is 1. The molecule has 0 aliphatic carbocycles. The summed E-state index contributed by atoms with van der Waals surface area (Å²) in [5.74, 6) is 4.06. The zero-order valence-electron chi connectivity index (χ0n) is 10.7. The number of thioether (sulfide) groups is 1. The number of nitrogens with one attached hydrogen (secondary N) is 1. The molecule has 1 aliphatic rings. The summed E-state index contributed by atoms with van der Waals surface area (Å²) >= 11 is 1.82. The van der Waals surface area contributed by atoms with Crippen molar-refractivity contribution in [2.45, 2.75) is 18.1 Å². The number of piperidine rings is 1. The van der Waals surface area contributed by atoms with Crippen LogP contribution in [0.25, 0.3) is 0 Å². The first kappa shape index (κ1) is 14.1. The molecule has 5 nitrogen and oxygen atoms in total. The first-order chi connectivity index (χ1) is 9.17. The smallest absolute Gasteiger partial charge is 0.257 e. The van der Waals surface area contributed by atoms with Crippen molar-refractivity contribution in [1.29, 1.82) is 0 Å². The highest BCUT2D eigenvalue weighted by molar-refractivity contribution is 7.99. The number of amides is 1. The Morgan fingerprint density at radius 3 is 2.84 bits per heavy atom. The molecule has 104 valence electrons. The van der Waals surface area contributed by atoms with Gasteiger partial charge < -0.3 is 10.3 Å². The van der Waals surface area contributed by atoms with E-state index in [1.54, 1.807) is 4.90 Å². The number of carbonyl (C=O) groups excluding carboxylic acids is 1. The number of hydrazine groups is 1. The Kier molecular flexibility index (Phi) is 4.60. The van der Waals surface area contributed by atoms with Crippen molar-refractivity contribution in [2.75, 3.05) is 24.8 Å². The molecule has 7 heteroatoms. The molecule has 2 rings (SSSR count). The summed E-state index contributed by atoms with van der Waals surface area (Å²) in [5, 5.41) is 0.590. The van der Waals surface area contributed by atoms with Gasteiger partial charge in [-0.1, -0.05) is 0 Å². The van der Waals surface area contributed by atoms with E-state index in [9.17, 15) is 9.18 Å². The quantitative estimate of drug-likeness (QED) is 0.650. The predicted octanol–water partition coefficient (Wildman–Crippen LogP) is 1.47. The van der Waals surface area contributed by atoms with Crippen LogP contribution >= 0.6 is 11.8 Å². The third kappa shape index (κ3) is 2.98. The Bertz CT molecular complexity index is 463. The molecular weight excluding hydrogens is 267 g/mol. The second-order valence-electron chi connectivity index (χ2n) is 4.39. The highest BCUT2D eigenvalue weighted by Crippen LogP contribution is 2.23. The minimum Gasteiger partial charge on any atom is -0.338 e. The van der Waals surface area contributed by atoms with Gasteiger partial charge in [0.15, 0.2) is 11.6 Å². The number of hydrogen-bond donors (Lipinski definition) is 2. The number of aromatic nitrogens is 1. The van der Waals surface area contributed by atoms with Crippen LogP contribution in [-0.4, -0.2) is 40.4 Å². The SMILES string of the molecule is CSC1CCN(C(=O)c2ccnc(NN)c2F)CC1. The van der Waals surface area contributed by atoms with Crippen LogP contribution < -0.4 is 11.3 Å². The van der Waals surface area contributed by atoms with Crippen molar-refractivity contribution in [3.63, 3.8) is 0 Å². The normalized spacial score (nSPS) is 16.5. The molecule has 1 aromatic rings. The minimum absolute atomic E-state index is 0.0190. The number of pyridine rings is 1. The van der Waals surface area contributed by atoms with Crippen LogP contribution in [0.3, 0.4) is 0 Å². The number of anilines is 1. The lowest BCUT2D eigenvalue weighted by Gasteiger charge is -2.31. The van der Waals surface area contributed by atoms with Crippen molar-refractivity contribution in [3.8, 4) is 0 Å². The molecule has 0 aromatic carbocycles. The third-order valence-electron chi connectivity index (χ3n) is 3.32. The Balaban J connectivity index is 2.12. The molecule has 1 aliphatic heterocycles. The number of likely N-dealkylation sites (tertiary alicyclic amines) is 1. The third-order valence-corrected chi connectivity index (χ3v) is 4.46. The Morgan fingerprint density at radius 2 is 2.26 bits per heavy atom. The van der Waals surface area contributed by atoms with Gasteiger partial charge in [-0.05, 0) is 25.2 Å². The van der Waals surface area contributed by atoms with Crippen LogP contribution in [0, 0.1) is 5.82 Å². The molecule has 0 spiro atoms. The lowest BCUT2D eigenvalue weighted by Crippen LogP contribution is -2.39. The topological polar surface area (TPSA) is 71.2 Å². The molecule has 0 atom stereocenters. The largest absolute Gasteiger partial charge is 0.338 e. The zero-order chi connectivity index (χ0) is 13.8. The molecule has 19 heavy (non-hydrogen) atoms. The lowest BCUT2D eigenvalue weighted by molar-refractivity contribution is 0.0722. The maximum Gasteiger partial charge on any atom is 0.257 e. The molecule has 1 aromatic heterocycles. The van der Waals surface area contributed by atoms with Crippen molar-refractivity contribution >= 4 is 23.5 Å². The van der Waals surface area contributed by atoms with Crippen molar-refractivity contribution in [3.05, 3.63) is 23.6 Å². The molecule has 1 amide bonds. The Hall–Kier alpha value is -1.34. The van der Waals surface area contributed by atoms with Crippen molar-refractivity contribution in [1.82, 2.24) is 9.88 Å². The molecule has 1 saturated heterocycles. The van der Waals surface area contributed by atoms with Crippen molar-refractivity contribution in [2.24, 2.45) is 5.84 Å². The molecule has 0 radical (unpaired) electrons. The van der Waals surface area contributed by atoms with E-state index in [-0.39, 0.29) is 17.3 Å². The van der Waals surface area contributed by atoms with Crippen molar-refractivity contribution < 1.29 is 9.18 Å². The van der Waals surface area contributed by atoms with Gasteiger partial charge in [-0.3, -0.25) is 4.79 Å². The lowest BCUT2D eigenvalue weighted by atomic mass is 10.1. The average molecular weight is 284 g/mol. The first-order valence-electron chi connectivity index (χ1n) is 6.10. The fraction of sp³-hybridized carbons (Fsp3) is 0.500. The molecule has 0 bridgehead atoms. The number of halogens is 1. The van der Waals surface area contributed by atoms with E-state index in [0.717, 1.165) is 12.8 Å². The molecule has 0 saturated carbocycles. The standard InChI is InChI=1S/C12H17FN4OS/c1-19-8-3-6-17(7-4-8)12(18)9-2-5-15-11(16-14)10(9)13/h2,5,8H,3-4,6-7,14H2,1H3,(H,15,16). The summed E-state index contributed by atoms with van der Waals surface area (Å²) in [7, 11) is 0. The number of carbonyl (C=O) groups is 1. The molecular formula is C12H17FN4OS. The first-order valence-corrected chi connectivity index (χ1v) is 7.39. The maximum absolute atomic E-state index is 14.0. The van der Waals surface area contributed by atoms with Gasteiger partial charge >= 0.3 is 0 Å². The molecule has 2 heterocycles. The Labute approximate surface area is 115 Å². The van der Waals surface area contributed by atoms with Gasteiger partial charge in [0.05, 0.1) is 5.56 Å². The number of hydrogen-bond acceptors (Lipinski definition) is 5. The number of nitrogen functional groups attached to an aromatic ring is 1. The van der Waals surface area contributed by atoms with Gasteiger partial charge in [-0.2, -0.15) is 11.8 Å². The van der Waals surface area contributed by atoms with Gasteiger partial charge in [0, 0.05) is 24.5 Å². The molecule has 1 fully saturated rings. The summed E-state index contributed by atoms with van der Waals surface area (Å²) in [6, 6.07) is 1.39.